The van der Waals surface area contributed by atoms with Crippen molar-refractivity contribution >= 4 is 23.6 Å². The summed E-state index contributed by atoms with van der Waals surface area (Å²) >= 11 is 1.43. The number of carbonyl (C=O) groups is 2. The Morgan fingerprint density at radius 1 is 1.16 bits per heavy atom. The summed E-state index contributed by atoms with van der Waals surface area (Å²) < 4.78 is 0. The molecule has 128 valence electrons. The Morgan fingerprint density at radius 3 is 2.44 bits per heavy atom. The molecule has 0 fully saturated rings. The molecule has 1 atom stereocenters. The molecular formula is C19H19N3O2S. The van der Waals surface area contributed by atoms with E-state index in [1.807, 2.05) is 48.7 Å². The molecule has 0 heterocycles. The van der Waals surface area contributed by atoms with Gasteiger partial charge in [0.15, 0.2) is 6.19 Å². The van der Waals surface area contributed by atoms with E-state index in [2.05, 4.69) is 5.32 Å². The number of thioether (sulfide) groups is 1. The van der Waals surface area contributed by atoms with Crippen LogP contribution in [0.3, 0.4) is 0 Å². The van der Waals surface area contributed by atoms with Crippen LogP contribution in [-0.2, 0) is 4.79 Å². The highest BCUT2D eigenvalue weighted by molar-refractivity contribution is 7.98. The number of nitrogens with one attached hydrogen (secondary N) is 1. The number of nitriles is 1. The highest BCUT2D eigenvalue weighted by Crippen LogP contribution is 2.23. The van der Waals surface area contributed by atoms with Crippen LogP contribution < -0.4 is 5.32 Å². The largest absolute Gasteiger partial charge is 0.339 e. The van der Waals surface area contributed by atoms with Crippen LogP contribution in [0, 0.1) is 11.5 Å². The van der Waals surface area contributed by atoms with Crippen molar-refractivity contribution in [2.75, 3.05) is 19.1 Å². The fourth-order valence-electron chi connectivity index (χ4n) is 2.41. The van der Waals surface area contributed by atoms with Gasteiger partial charge in [-0.2, -0.15) is 17.0 Å². The first-order chi connectivity index (χ1) is 12.1. The Morgan fingerprint density at radius 2 is 1.80 bits per heavy atom. The third-order valence-electron chi connectivity index (χ3n) is 3.67. The number of likely N-dealkylation sites (N-methyl/N-ethyl adjacent to an activating group) is 1. The van der Waals surface area contributed by atoms with Crippen molar-refractivity contribution < 1.29 is 9.59 Å². The van der Waals surface area contributed by atoms with Crippen molar-refractivity contribution in [2.45, 2.75) is 6.04 Å². The third kappa shape index (κ3) is 4.61. The van der Waals surface area contributed by atoms with E-state index in [1.54, 1.807) is 18.3 Å². The summed E-state index contributed by atoms with van der Waals surface area (Å²) in [6, 6.07) is 16.1. The molecule has 0 saturated heterocycles. The molecule has 1 N–H and O–H groups in total. The maximum absolute atomic E-state index is 12.8. The van der Waals surface area contributed by atoms with Crippen molar-refractivity contribution in [2.24, 2.45) is 0 Å². The molecule has 2 aromatic rings. The van der Waals surface area contributed by atoms with Crippen LogP contribution in [-0.4, -0.2) is 41.8 Å². The maximum atomic E-state index is 12.8. The first-order valence-corrected chi connectivity index (χ1v) is 9.09. The molecule has 6 heteroatoms. The monoisotopic (exact) mass is 353 g/mol. The zero-order chi connectivity index (χ0) is 18.2. The number of hydrogen-bond acceptors (Lipinski definition) is 4. The normalized spacial score (nSPS) is 11.2. The lowest BCUT2D eigenvalue weighted by Crippen LogP contribution is -2.47. The van der Waals surface area contributed by atoms with Crippen molar-refractivity contribution in [3.05, 3.63) is 60.2 Å². The van der Waals surface area contributed by atoms with E-state index in [1.165, 1.54) is 18.8 Å². The molecule has 0 saturated carbocycles. The van der Waals surface area contributed by atoms with Gasteiger partial charge in [-0.3, -0.25) is 14.5 Å². The van der Waals surface area contributed by atoms with Gasteiger partial charge >= 0.3 is 0 Å². The molecular weight excluding hydrogens is 334 g/mol. The molecule has 1 unspecified atom stereocenters. The lowest BCUT2D eigenvalue weighted by molar-refractivity contribution is -0.128. The Balaban J connectivity index is 2.28. The molecule has 0 aromatic heterocycles. The summed E-state index contributed by atoms with van der Waals surface area (Å²) in [4.78, 5) is 26.0. The first-order valence-electron chi connectivity index (χ1n) is 7.70. The van der Waals surface area contributed by atoms with E-state index < -0.39 is 11.9 Å². The Hall–Kier alpha value is -2.78. The molecule has 2 amide bonds. The zero-order valence-electron chi connectivity index (χ0n) is 14.1. The van der Waals surface area contributed by atoms with E-state index in [4.69, 9.17) is 5.26 Å². The maximum Gasteiger partial charge on any atom is 0.258 e. The molecule has 5 nitrogen and oxygen atoms in total. The average molecular weight is 353 g/mol. The van der Waals surface area contributed by atoms with Gasteiger partial charge in [0.2, 0.25) is 0 Å². The number of rotatable bonds is 6. The minimum Gasteiger partial charge on any atom is -0.339 e. The van der Waals surface area contributed by atoms with E-state index >= 15 is 0 Å². The molecule has 0 aliphatic carbocycles. The van der Waals surface area contributed by atoms with E-state index in [9.17, 15) is 9.59 Å². The molecule has 25 heavy (non-hydrogen) atoms. The van der Waals surface area contributed by atoms with Gasteiger partial charge in [-0.15, -0.1) is 0 Å². The van der Waals surface area contributed by atoms with Gasteiger partial charge in [-0.25, -0.2) is 0 Å². The van der Waals surface area contributed by atoms with Gasteiger partial charge < -0.3 is 5.32 Å². The summed E-state index contributed by atoms with van der Waals surface area (Å²) in [5, 5.41) is 11.7. The fourth-order valence-corrected chi connectivity index (χ4v) is 2.97. The van der Waals surface area contributed by atoms with Crippen LogP contribution >= 0.6 is 11.8 Å². The van der Waals surface area contributed by atoms with Crippen LogP contribution in [0.1, 0.15) is 10.4 Å². The van der Waals surface area contributed by atoms with Gasteiger partial charge in [-0.1, -0.05) is 48.5 Å². The standard InChI is InChI=1S/C19H19N3O2S/c1-22(13-20)19(24)17(12-25-2)21-18(23)16-11-7-6-10-15(16)14-8-4-3-5-9-14/h3-11,17H,12H2,1-2H3,(H,21,23). The topological polar surface area (TPSA) is 73.2 Å². The van der Waals surface area contributed by atoms with Crippen molar-refractivity contribution in [3.8, 4) is 17.3 Å². The number of amides is 2. The van der Waals surface area contributed by atoms with Crippen LogP contribution in [0.4, 0.5) is 0 Å². The summed E-state index contributed by atoms with van der Waals surface area (Å²) in [7, 11) is 1.39. The van der Waals surface area contributed by atoms with E-state index in [0.29, 0.717) is 11.3 Å². The van der Waals surface area contributed by atoms with Crippen LogP contribution in [0.5, 0.6) is 0 Å². The molecule has 0 aliphatic rings. The molecule has 2 aromatic carbocycles. The highest BCUT2D eigenvalue weighted by atomic mass is 32.2. The Bertz CT molecular complexity index is 787. The number of benzene rings is 2. The molecule has 0 bridgehead atoms. The van der Waals surface area contributed by atoms with E-state index in [-0.39, 0.29) is 5.91 Å². The number of hydrogen-bond donors (Lipinski definition) is 1. The second-order valence-electron chi connectivity index (χ2n) is 5.39. The lowest BCUT2D eigenvalue weighted by atomic mass is 9.99. The van der Waals surface area contributed by atoms with Crippen LogP contribution in [0.2, 0.25) is 0 Å². The van der Waals surface area contributed by atoms with Crippen LogP contribution in [0.15, 0.2) is 54.6 Å². The fraction of sp³-hybridized carbons (Fsp3) is 0.211. The Labute approximate surface area is 151 Å². The SMILES string of the molecule is CSCC(NC(=O)c1ccccc1-c1ccccc1)C(=O)N(C)C#N. The summed E-state index contributed by atoms with van der Waals surface area (Å²) in [6.45, 7) is 0. The highest BCUT2D eigenvalue weighted by Gasteiger charge is 2.25. The quantitative estimate of drug-likeness (QED) is 0.640. The Kier molecular flexibility index (Phi) is 6.61. The summed E-state index contributed by atoms with van der Waals surface area (Å²) in [5.41, 5.74) is 2.21. The second-order valence-corrected chi connectivity index (χ2v) is 6.30. The predicted octanol–water partition coefficient (Wildman–Crippen LogP) is 2.75. The first kappa shape index (κ1) is 18.6. The van der Waals surface area contributed by atoms with Gasteiger partial charge in [-0.05, 0) is 23.4 Å². The van der Waals surface area contributed by atoms with Crippen molar-refractivity contribution in [3.63, 3.8) is 0 Å². The zero-order valence-corrected chi connectivity index (χ0v) is 14.9. The molecule has 0 aliphatic heterocycles. The van der Waals surface area contributed by atoms with Crippen molar-refractivity contribution in [1.29, 1.82) is 5.26 Å². The predicted molar refractivity (Wildman–Crippen MR) is 99.9 cm³/mol. The third-order valence-corrected chi connectivity index (χ3v) is 4.34. The summed E-state index contributed by atoms with van der Waals surface area (Å²) in [5.74, 6) is -0.370. The number of nitrogens with zero attached hydrogens (tertiary/aromatic N) is 2. The van der Waals surface area contributed by atoms with Gasteiger partial charge in [0, 0.05) is 18.4 Å². The lowest BCUT2D eigenvalue weighted by Gasteiger charge is -2.20. The average Bonchev–Trinajstić information content (AvgIpc) is 2.67. The minimum atomic E-state index is -0.754. The van der Waals surface area contributed by atoms with Gasteiger partial charge in [0.05, 0.1) is 0 Å². The molecule has 0 radical (unpaired) electrons. The van der Waals surface area contributed by atoms with Gasteiger partial charge in [0.25, 0.3) is 11.8 Å². The molecule has 2 rings (SSSR count). The van der Waals surface area contributed by atoms with E-state index in [0.717, 1.165) is 16.0 Å². The number of carbonyl (C=O) groups excluding carboxylic acids is 2. The van der Waals surface area contributed by atoms with Crippen molar-refractivity contribution in [1.82, 2.24) is 10.2 Å². The molecule has 0 spiro atoms. The smallest absolute Gasteiger partial charge is 0.258 e. The second kappa shape index (κ2) is 8.90. The minimum absolute atomic E-state index is 0.335. The van der Waals surface area contributed by atoms with Gasteiger partial charge in [0.1, 0.15) is 6.04 Å². The van der Waals surface area contributed by atoms with Crippen LogP contribution in [0.25, 0.3) is 11.1 Å². The summed E-state index contributed by atoms with van der Waals surface area (Å²) in [6.07, 6.45) is 3.62.